The van der Waals surface area contributed by atoms with Gasteiger partial charge in [-0.2, -0.15) is 0 Å². The minimum atomic E-state index is 0.119. The molecule has 4 nitrogen and oxygen atoms in total. The summed E-state index contributed by atoms with van der Waals surface area (Å²) in [7, 11) is 0. The van der Waals surface area contributed by atoms with Crippen LogP contribution in [0.5, 0.6) is 5.75 Å². The van der Waals surface area contributed by atoms with Gasteiger partial charge in [0.05, 0.1) is 5.02 Å². The molecule has 1 aliphatic rings. The van der Waals surface area contributed by atoms with Crippen LogP contribution >= 0.6 is 11.6 Å². The molecular weight excluding hydrogens is 252 g/mol. The van der Waals surface area contributed by atoms with Gasteiger partial charge in [0.1, 0.15) is 5.75 Å². The van der Waals surface area contributed by atoms with Crippen molar-refractivity contribution in [2.75, 3.05) is 13.1 Å². The van der Waals surface area contributed by atoms with Gasteiger partial charge in [0, 0.05) is 31.1 Å². The van der Waals surface area contributed by atoms with E-state index in [1.807, 2.05) is 6.07 Å². The Morgan fingerprint density at radius 1 is 1.39 bits per heavy atom. The molecule has 0 saturated heterocycles. The van der Waals surface area contributed by atoms with Crippen LogP contribution in [-0.2, 0) is 11.3 Å². The highest BCUT2D eigenvalue weighted by Crippen LogP contribution is 2.28. The summed E-state index contributed by atoms with van der Waals surface area (Å²) in [6, 6.07) is 5.27. The van der Waals surface area contributed by atoms with Crippen molar-refractivity contribution in [1.29, 1.82) is 0 Å². The van der Waals surface area contributed by atoms with E-state index in [2.05, 4.69) is 10.6 Å². The second kappa shape index (κ2) is 6.07. The van der Waals surface area contributed by atoms with Gasteiger partial charge < -0.3 is 15.7 Å². The molecule has 0 bridgehead atoms. The summed E-state index contributed by atoms with van der Waals surface area (Å²) in [5.74, 6) is 0.526. The molecule has 1 fully saturated rings. The largest absolute Gasteiger partial charge is 0.506 e. The maximum absolute atomic E-state index is 11.3. The number of para-hydroxylation sites is 1. The zero-order valence-corrected chi connectivity index (χ0v) is 10.8. The number of aromatic hydroxyl groups is 1. The highest BCUT2D eigenvalue weighted by atomic mass is 35.5. The quantitative estimate of drug-likeness (QED) is 0.688. The molecule has 98 valence electrons. The second-order valence-electron chi connectivity index (χ2n) is 4.49. The summed E-state index contributed by atoms with van der Waals surface area (Å²) >= 11 is 5.80. The van der Waals surface area contributed by atoms with E-state index in [4.69, 9.17) is 11.6 Å². The van der Waals surface area contributed by atoms with Gasteiger partial charge in [0.25, 0.3) is 0 Å². The lowest BCUT2D eigenvalue weighted by atomic mass is 10.2. The summed E-state index contributed by atoms with van der Waals surface area (Å²) < 4.78 is 0. The highest BCUT2D eigenvalue weighted by molar-refractivity contribution is 6.32. The molecule has 3 N–H and O–H groups in total. The molecule has 1 aromatic carbocycles. The normalized spacial score (nSPS) is 14.5. The molecule has 0 heterocycles. The van der Waals surface area contributed by atoms with Gasteiger partial charge in [-0.05, 0) is 18.9 Å². The number of hydrogen-bond acceptors (Lipinski definition) is 3. The van der Waals surface area contributed by atoms with Crippen molar-refractivity contribution in [3.05, 3.63) is 28.8 Å². The SMILES string of the molecule is O=C(NCCNCc1cccc(Cl)c1O)C1CC1. The Kier molecular flexibility index (Phi) is 4.44. The van der Waals surface area contributed by atoms with Crippen LogP contribution < -0.4 is 10.6 Å². The lowest BCUT2D eigenvalue weighted by molar-refractivity contribution is -0.122. The fraction of sp³-hybridized carbons (Fsp3) is 0.462. The van der Waals surface area contributed by atoms with Crippen molar-refractivity contribution >= 4 is 17.5 Å². The first-order chi connectivity index (χ1) is 8.68. The second-order valence-corrected chi connectivity index (χ2v) is 4.90. The Hall–Kier alpha value is -1.26. The van der Waals surface area contributed by atoms with Gasteiger partial charge >= 0.3 is 0 Å². The number of carbonyl (C=O) groups is 1. The predicted molar refractivity (Wildman–Crippen MR) is 70.6 cm³/mol. The van der Waals surface area contributed by atoms with Crippen LogP contribution in [0, 0.1) is 5.92 Å². The van der Waals surface area contributed by atoms with E-state index in [1.54, 1.807) is 12.1 Å². The van der Waals surface area contributed by atoms with E-state index in [0.29, 0.717) is 24.7 Å². The minimum absolute atomic E-state index is 0.119. The molecule has 1 aliphatic carbocycles. The summed E-state index contributed by atoms with van der Waals surface area (Å²) in [4.78, 5) is 11.3. The maximum Gasteiger partial charge on any atom is 0.223 e. The van der Waals surface area contributed by atoms with Gasteiger partial charge in [0.2, 0.25) is 5.91 Å². The minimum Gasteiger partial charge on any atom is -0.506 e. The van der Waals surface area contributed by atoms with Crippen molar-refractivity contribution in [2.45, 2.75) is 19.4 Å². The molecule has 1 amide bonds. The summed E-state index contributed by atoms with van der Waals surface area (Å²) in [6.07, 6.45) is 2.05. The van der Waals surface area contributed by atoms with Gasteiger partial charge in [-0.25, -0.2) is 0 Å². The van der Waals surface area contributed by atoms with E-state index in [1.165, 1.54) is 0 Å². The van der Waals surface area contributed by atoms with E-state index in [-0.39, 0.29) is 17.6 Å². The van der Waals surface area contributed by atoms with E-state index in [9.17, 15) is 9.90 Å². The zero-order chi connectivity index (χ0) is 13.0. The molecule has 0 aliphatic heterocycles. The molecule has 0 aromatic heterocycles. The third-order valence-corrected chi connectivity index (χ3v) is 3.24. The zero-order valence-electron chi connectivity index (χ0n) is 10.1. The Bertz CT molecular complexity index is 433. The van der Waals surface area contributed by atoms with Crippen molar-refractivity contribution in [3.8, 4) is 5.75 Å². The van der Waals surface area contributed by atoms with Crippen molar-refractivity contribution in [2.24, 2.45) is 5.92 Å². The summed E-state index contributed by atoms with van der Waals surface area (Å²) in [6.45, 7) is 1.81. The monoisotopic (exact) mass is 268 g/mol. The van der Waals surface area contributed by atoms with Crippen LogP contribution in [0.2, 0.25) is 5.02 Å². The number of amides is 1. The van der Waals surface area contributed by atoms with Crippen LogP contribution in [0.25, 0.3) is 0 Å². The molecule has 0 atom stereocenters. The Balaban J connectivity index is 1.65. The average Bonchev–Trinajstić information content (AvgIpc) is 3.18. The van der Waals surface area contributed by atoms with Crippen LogP contribution in [0.4, 0.5) is 0 Å². The molecule has 2 rings (SSSR count). The number of nitrogens with one attached hydrogen (secondary N) is 2. The van der Waals surface area contributed by atoms with Crippen molar-refractivity contribution in [3.63, 3.8) is 0 Å². The van der Waals surface area contributed by atoms with E-state index < -0.39 is 0 Å². The molecule has 0 unspecified atom stereocenters. The summed E-state index contributed by atoms with van der Waals surface area (Å²) in [5.41, 5.74) is 0.760. The van der Waals surface area contributed by atoms with E-state index in [0.717, 1.165) is 18.4 Å². The topological polar surface area (TPSA) is 61.4 Å². The first-order valence-electron chi connectivity index (χ1n) is 6.13. The van der Waals surface area contributed by atoms with Crippen LogP contribution in [0.3, 0.4) is 0 Å². The molecule has 0 spiro atoms. The molecule has 1 saturated carbocycles. The third kappa shape index (κ3) is 3.62. The number of benzene rings is 1. The van der Waals surface area contributed by atoms with Crippen molar-refractivity contribution < 1.29 is 9.90 Å². The molecule has 18 heavy (non-hydrogen) atoms. The van der Waals surface area contributed by atoms with Gasteiger partial charge in [-0.1, -0.05) is 23.7 Å². The predicted octanol–water partition coefficient (Wildman–Crippen LogP) is 1.66. The standard InChI is InChI=1S/C13H17ClN2O2/c14-11-3-1-2-10(12(11)17)8-15-6-7-16-13(18)9-4-5-9/h1-3,9,15,17H,4-8H2,(H,16,18). The third-order valence-electron chi connectivity index (χ3n) is 2.93. The van der Waals surface area contributed by atoms with Gasteiger partial charge in [-0.3, -0.25) is 4.79 Å². The fourth-order valence-electron chi connectivity index (χ4n) is 1.69. The maximum atomic E-state index is 11.3. The van der Waals surface area contributed by atoms with E-state index >= 15 is 0 Å². The van der Waals surface area contributed by atoms with Gasteiger partial charge in [-0.15, -0.1) is 0 Å². The van der Waals surface area contributed by atoms with Crippen LogP contribution in [0.1, 0.15) is 18.4 Å². The first-order valence-corrected chi connectivity index (χ1v) is 6.51. The van der Waals surface area contributed by atoms with Crippen molar-refractivity contribution in [1.82, 2.24) is 10.6 Å². The highest BCUT2D eigenvalue weighted by Gasteiger charge is 2.28. The number of phenolic OH excluding ortho intramolecular Hbond substituents is 1. The lowest BCUT2D eigenvalue weighted by Gasteiger charge is -2.08. The molecule has 1 aromatic rings. The molecule has 0 radical (unpaired) electrons. The Morgan fingerprint density at radius 2 is 2.17 bits per heavy atom. The molecule has 5 heteroatoms. The number of carbonyl (C=O) groups excluding carboxylic acids is 1. The Labute approximate surface area is 111 Å². The fourth-order valence-corrected chi connectivity index (χ4v) is 1.88. The molecular formula is C13H17ClN2O2. The number of halogens is 1. The number of hydrogen-bond donors (Lipinski definition) is 3. The number of phenols is 1. The number of rotatable bonds is 6. The smallest absolute Gasteiger partial charge is 0.223 e. The Morgan fingerprint density at radius 3 is 2.89 bits per heavy atom. The van der Waals surface area contributed by atoms with Gasteiger partial charge in [0.15, 0.2) is 0 Å². The van der Waals surface area contributed by atoms with Crippen LogP contribution in [0.15, 0.2) is 18.2 Å². The first kappa shape index (κ1) is 13.2. The summed E-state index contributed by atoms with van der Waals surface area (Å²) in [5, 5.41) is 16.1. The average molecular weight is 269 g/mol. The van der Waals surface area contributed by atoms with Crippen LogP contribution in [-0.4, -0.2) is 24.1 Å². The lowest BCUT2D eigenvalue weighted by Crippen LogP contribution is -2.32.